The van der Waals surface area contributed by atoms with Gasteiger partial charge in [-0.05, 0) is 33.6 Å². The molecule has 0 aromatic rings. The first-order valence-electron chi connectivity index (χ1n) is 5.63. The number of alkyl carbamates (subject to hydrolysis) is 1. The number of rotatable bonds is 2. The van der Waals surface area contributed by atoms with Crippen LogP contribution in [0.1, 0.15) is 40.5 Å². The predicted octanol–water partition coefficient (Wildman–Crippen LogP) is 1.65. The smallest absolute Gasteiger partial charge is 0.407 e. The van der Waals surface area contributed by atoms with E-state index in [-0.39, 0.29) is 12.1 Å². The molecule has 0 aliphatic carbocycles. The molecule has 0 spiro atoms. The first kappa shape index (κ1) is 12.3. The van der Waals surface area contributed by atoms with E-state index in [0.717, 1.165) is 19.4 Å². The summed E-state index contributed by atoms with van der Waals surface area (Å²) in [6.45, 7) is 8.60. The lowest BCUT2D eigenvalue weighted by molar-refractivity contribution is 0.0508. The molecule has 1 amide bonds. The van der Waals surface area contributed by atoms with Gasteiger partial charge in [0.25, 0.3) is 0 Å². The standard InChI is InChI=1S/C11H22N2O2/c1-5-8-6-9(7-12-8)13-10(14)15-11(2,3)4/h8-9,12H,5-7H2,1-4H3,(H,13,14)/t8-,9+/m0/s1. The molecule has 1 aliphatic heterocycles. The summed E-state index contributed by atoms with van der Waals surface area (Å²) >= 11 is 0. The zero-order valence-electron chi connectivity index (χ0n) is 10.1. The minimum Gasteiger partial charge on any atom is -0.444 e. The summed E-state index contributed by atoms with van der Waals surface area (Å²) < 4.78 is 5.19. The summed E-state index contributed by atoms with van der Waals surface area (Å²) in [5.74, 6) is 0. The Balaban J connectivity index is 2.28. The van der Waals surface area contributed by atoms with Crippen LogP contribution in [0, 0.1) is 0 Å². The van der Waals surface area contributed by atoms with Crippen LogP contribution < -0.4 is 10.6 Å². The normalized spacial score (nSPS) is 26.4. The second kappa shape index (κ2) is 4.84. The van der Waals surface area contributed by atoms with Crippen molar-refractivity contribution in [1.29, 1.82) is 0 Å². The Morgan fingerprint density at radius 1 is 1.53 bits per heavy atom. The summed E-state index contributed by atoms with van der Waals surface area (Å²) in [4.78, 5) is 11.4. The van der Waals surface area contributed by atoms with Crippen LogP contribution in [0.4, 0.5) is 4.79 Å². The lowest BCUT2D eigenvalue weighted by atomic mass is 10.1. The second-order valence-corrected chi connectivity index (χ2v) is 5.09. The van der Waals surface area contributed by atoms with Gasteiger partial charge in [-0.1, -0.05) is 6.92 Å². The van der Waals surface area contributed by atoms with E-state index < -0.39 is 5.60 Å². The third-order valence-corrected chi connectivity index (χ3v) is 2.44. The first-order chi connectivity index (χ1) is 6.90. The van der Waals surface area contributed by atoms with Crippen LogP contribution in [0.15, 0.2) is 0 Å². The van der Waals surface area contributed by atoms with Crippen molar-refractivity contribution in [3.63, 3.8) is 0 Å². The molecule has 1 fully saturated rings. The maximum atomic E-state index is 11.4. The van der Waals surface area contributed by atoms with Crippen molar-refractivity contribution in [2.75, 3.05) is 6.54 Å². The summed E-state index contributed by atoms with van der Waals surface area (Å²) in [7, 11) is 0. The molecule has 15 heavy (non-hydrogen) atoms. The Morgan fingerprint density at radius 2 is 2.20 bits per heavy atom. The number of carbonyl (C=O) groups is 1. The molecule has 2 atom stereocenters. The van der Waals surface area contributed by atoms with Gasteiger partial charge in [0.1, 0.15) is 5.60 Å². The third kappa shape index (κ3) is 4.51. The summed E-state index contributed by atoms with van der Waals surface area (Å²) in [6, 6.07) is 0.745. The van der Waals surface area contributed by atoms with Gasteiger partial charge in [0.2, 0.25) is 0 Å². The molecule has 2 N–H and O–H groups in total. The summed E-state index contributed by atoms with van der Waals surface area (Å²) in [6.07, 6.45) is 1.79. The highest BCUT2D eigenvalue weighted by atomic mass is 16.6. The number of amides is 1. The van der Waals surface area contributed by atoms with E-state index in [9.17, 15) is 4.79 Å². The van der Waals surface area contributed by atoms with Crippen LogP contribution in [-0.2, 0) is 4.74 Å². The molecule has 0 aromatic heterocycles. The third-order valence-electron chi connectivity index (χ3n) is 2.44. The van der Waals surface area contributed by atoms with Crippen LogP contribution >= 0.6 is 0 Å². The van der Waals surface area contributed by atoms with Gasteiger partial charge in [-0.15, -0.1) is 0 Å². The molecule has 1 saturated heterocycles. The average Bonchev–Trinajstić information content (AvgIpc) is 2.48. The quantitative estimate of drug-likeness (QED) is 0.735. The van der Waals surface area contributed by atoms with Crippen LogP contribution in [-0.4, -0.2) is 30.3 Å². The van der Waals surface area contributed by atoms with Crippen molar-refractivity contribution in [3.8, 4) is 0 Å². The summed E-state index contributed by atoms with van der Waals surface area (Å²) in [5, 5.41) is 6.23. The maximum absolute atomic E-state index is 11.4. The minimum absolute atomic E-state index is 0.213. The van der Waals surface area contributed by atoms with E-state index in [4.69, 9.17) is 4.74 Å². The number of hydrogen-bond donors (Lipinski definition) is 2. The van der Waals surface area contributed by atoms with Gasteiger partial charge < -0.3 is 15.4 Å². The van der Waals surface area contributed by atoms with Crippen molar-refractivity contribution < 1.29 is 9.53 Å². The van der Waals surface area contributed by atoms with Gasteiger partial charge in [-0.25, -0.2) is 4.79 Å². The molecular formula is C11H22N2O2. The largest absolute Gasteiger partial charge is 0.444 e. The topological polar surface area (TPSA) is 50.4 Å². The predicted molar refractivity (Wildman–Crippen MR) is 59.9 cm³/mol. The number of carbonyl (C=O) groups excluding carboxylic acids is 1. The highest BCUT2D eigenvalue weighted by Gasteiger charge is 2.25. The minimum atomic E-state index is -0.416. The Hall–Kier alpha value is -0.770. The van der Waals surface area contributed by atoms with Crippen LogP contribution in [0.5, 0.6) is 0 Å². The lowest BCUT2D eigenvalue weighted by Crippen LogP contribution is -2.40. The number of ether oxygens (including phenoxy) is 1. The van der Waals surface area contributed by atoms with E-state index in [2.05, 4.69) is 17.6 Å². The molecule has 0 unspecified atom stereocenters. The number of nitrogens with one attached hydrogen (secondary N) is 2. The van der Waals surface area contributed by atoms with Crippen molar-refractivity contribution >= 4 is 6.09 Å². The van der Waals surface area contributed by atoms with E-state index in [1.54, 1.807) is 0 Å². The van der Waals surface area contributed by atoms with Gasteiger partial charge >= 0.3 is 6.09 Å². The van der Waals surface area contributed by atoms with Crippen LogP contribution in [0.3, 0.4) is 0 Å². The molecule has 0 saturated carbocycles. The monoisotopic (exact) mass is 214 g/mol. The average molecular weight is 214 g/mol. The SMILES string of the molecule is CC[C@H]1C[C@@H](NC(=O)OC(C)(C)C)CN1. The molecule has 4 nitrogen and oxygen atoms in total. The van der Waals surface area contributed by atoms with E-state index in [1.807, 2.05) is 20.8 Å². The molecule has 1 rings (SSSR count). The van der Waals surface area contributed by atoms with Gasteiger partial charge in [-0.3, -0.25) is 0 Å². The summed E-state index contributed by atoms with van der Waals surface area (Å²) in [5.41, 5.74) is -0.416. The van der Waals surface area contributed by atoms with Crippen molar-refractivity contribution in [2.24, 2.45) is 0 Å². The first-order valence-corrected chi connectivity index (χ1v) is 5.63. The van der Waals surface area contributed by atoms with Gasteiger partial charge in [-0.2, -0.15) is 0 Å². The second-order valence-electron chi connectivity index (χ2n) is 5.09. The maximum Gasteiger partial charge on any atom is 0.407 e. The van der Waals surface area contributed by atoms with Crippen molar-refractivity contribution in [2.45, 2.75) is 58.2 Å². The molecular weight excluding hydrogens is 192 g/mol. The number of hydrogen-bond acceptors (Lipinski definition) is 3. The van der Waals surface area contributed by atoms with E-state index >= 15 is 0 Å². The zero-order valence-corrected chi connectivity index (χ0v) is 10.1. The molecule has 0 aromatic carbocycles. The molecule has 1 aliphatic rings. The fraction of sp³-hybridized carbons (Fsp3) is 0.909. The van der Waals surface area contributed by atoms with E-state index in [1.165, 1.54) is 0 Å². The fourth-order valence-corrected chi connectivity index (χ4v) is 1.71. The Labute approximate surface area is 91.8 Å². The van der Waals surface area contributed by atoms with Crippen LogP contribution in [0.25, 0.3) is 0 Å². The molecule has 1 heterocycles. The van der Waals surface area contributed by atoms with Crippen molar-refractivity contribution in [3.05, 3.63) is 0 Å². The van der Waals surface area contributed by atoms with E-state index in [0.29, 0.717) is 6.04 Å². The fourth-order valence-electron chi connectivity index (χ4n) is 1.71. The molecule has 4 heteroatoms. The van der Waals surface area contributed by atoms with Gasteiger partial charge in [0.15, 0.2) is 0 Å². The van der Waals surface area contributed by atoms with Gasteiger partial charge in [0, 0.05) is 18.6 Å². The highest BCUT2D eigenvalue weighted by molar-refractivity contribution is 5.68. The molecule has 0 bridgehead atoms. The van der Waals surface area contributed by atoms with Crippen molar-refractivity contribution in [1.82, 2.24) is 10.6 Å². The lowest BCUT2D eigenvalue weighted by Gasteiger charge is -2.21. The highest BCUT2D eigenvalue weighted by Crippen LogP contribution is 2.11. The Bertz CT molecular complexity index is 223. The Kier molecular flexibility index (Phi) is 3.97. The zero-order chi connectivity index (χ0) is 11.5. The molecule has 0 radical (unpaired) electrons. The van der Waals surface area contributed by atoms with Crippen LogP contribution in [0.2, 0.25) is 0 Å². The molecule has 88 valence electrons. The van der Waals surface area contributed by atoms with Gasteiger partial charge in [0.05, 0.1) is 0 Å². The Morgan fingerprint density at radius 3 is 2.67 bits per heavy atom.